The molecule has 0 radical (unpaired) electrons. The van der Waals surface area contributed by atoms with Crippen LogP contribution >= 0.6 is 11.3 Å². The minimum Gasteiger partial charge on any atom is -0.486 e. The number of benzene rings is 1. The Bertz CT molecular complexity index is 528. The molecule has 0 saturated carbocycles. The van der Waals surface area contributed by atoms with Gasteiger partial charge in [-0.2, -0.15) is 0 Å². The molecule has 0 fully saturated rings. The van der Waals surface area contributed by atoms with Crippen molar-refractivity contribution in [2.24, 2.45) is 0 Å². The molecule has 0 amide bonds. The molecule has 0 unspecified atom stereocenters. The monoisotopic (exact) mass is 276 g/mol. The van der Waals surface area contributed by atoms with E-state index >= 15 is 0 Å². The molecule has 0 atom stereocenters. The van der Waals surface area contributed by atoms with Crippen molar-refractivity contribution in [1.29, 1.82) is 0 Å². The SMILES string of the molecule is c1nc(CNCCc2ccc3c(c2)OCCO3)cs1. The fourth-order valence-electron chi connectivity index (χ4n) is 2.02. The molecule has 1 N–H and O–H groups in total. The van der Waals surface area contributed by atoms with Gasteiger partial charge in [-0.15, -0.1) is 11.3 Å². The van der Waals surface area contributed by atoms with Gasteiger partial charge in [0.25, 0.3) is 0 Å². The summed E-state index contributed by atoms with van der Waals surface area (Å²) in [6.07, 6.45) is 0.973. The molecule has 3 rings (SSSR count). The van der Waals surface area contributed by atoms with Gasteiger partial charge in [-0.05, 0) is 30.7 Å². The number of rotatable bonds is 5. The summed E-state index contributed by atoms with van der Waals surface area (Å²) < 4.78 is 11.1. The maximum Gasteiger partial charge on any atom is 0.161 e. The van der Waals surface area contributed by atoms with Gasteiger partial charge in [-0.25, -0.2) is 4.98 Å². The van der Waals surface area contributed by atoms with Gasteiger partial charge in [0, 0.05) is 11.9 Å². The average molecular weight is 276 g/mol. The molecule has 2 heterocycles. The summed E-state index contributed by atoms with van der Waals surface area (Å²) in [4.78, 5) is 4.24. The molecular formula is C14H16N2O2S. The highest BCUT2D eigenvalue weighted by molar-refractivity contribution is 7.07. The molecule has 2 aromatic rings. The third-order valence-electron chi connectivity index (χ3n) is 2.99. The minimum atomic E-state index is 0.637. The van der Waals surface area contributed by atoms with E-state index in [0.29, 0.717) is 13.2 Å². The summed E-state index contributed by atoms with van der Waals surface area (Å²) in [5, 5.41) is 5.45. The predicted molar refractivity (Wildman–Crippen MR) is 75.0 cm³/mol. The van der Waals surface area contributed by atoms with Gasteiger partial charge in [0.15, 0.2) is 11.5 Å². The van der Waals surface area contributed by atoms with Crippen LogP contribution in [0.2, 0.25) is 0 Å². The zero-order chi connectivity index (χ0) is 12.9. The number of ether oxygens (including phenoxy) is 2. The number of nitrogens with zero attached hydrogens (tertiary/aromatic N) is 1. The van der Waals surface area contributed by atoms with Crippen molar-refractivity contribution in [2.45, 2.75) is 13.0 Å². The maximum atomic E-state index is 5.58. The van der Waals surface area contributed by atoms with Crippen LogP contribution in [-0.4, -0.2) is 24.7 Å². The highest BCUT2D eigenvalue weighted by Crippen LogP contribution is 2.30. The molecule has 5 heteroatoms. The first-order valence-electron chi connectivity index (χ1n) is 6.38. The Hall–Kier alpha value is -1.59. The third kappa shape index (κ3) is 3.24. The first-order valence-corrected chi connectivity index (χ1v) is 7.32. The fourth-order valence-corrected chi connectivity index (χ4v) is 2.58. The number of thiazole rings is 1. The summed E-state index contributed by atoms with van der Waals surface area (Å²) in [6.45, 7) is 3.03. The Labute approximate surface area is 116 Å². The number of aromatic nitrogens is 1. The molecule has 100 valence electrons. The average Bonchev–Trinajstić information content (AvgIpc) is 2.97. The van der Waals surface area contributed by atoms with Gasteiger partial charge in [-0.3, -0.25) is 0 Å². The predicted octanol–water partition coefficient (Wildman–Crippen LogP) is 2.25. The Morgan fingerprint density at radius 1 is 1.21 bits per heavy atom. The summed E-state index contributed by atoms with van der Waals surface area (Å²) in [5.74, 6) is 1.72. The Morgan fingerprint density at radius 2 is 2.11 bits per heavy atom. The smallest absolute Gasteiger partial charge is 0.161 e. The first kappa shape index (κ1) is 12.4. The second-order valence-electron chi connectivity index (χ2n) is 4.38. The number of hydrogen-bond donors (Lipinski definition) is 1. The summed E-state index contributed by atoms with van der Waals surface area (Å²) in [7, 11) is 0. The zero-order valence-corrected chi connectivity index (χ0v) is 11.4. The Balaban J connectivity index is 1.50. The first-order chi connectivity index (χ1) is 9.42. The number of hydrogen-bond acceptors (Lipinski definition) is 5. The van der Waals surface area contributed by atoms with Crippen LogP contribution in [0.5, 0.6) is 11.5 Å². The van der Waals surface area contributed by atoms with Crippen molar-refractivity contribution >= 4 is 11.3 Å². The Morgan fingerprint density at radius 3 is 2.95 bits per heavy atom. The van der Waals surface area contributed by atoms with Crippen molar-refractivity contribution in [2.75, 3.05) is 19.8 Å². The lowest BCUT2D eigenvalue weighted by Crippen LogP contribution is -2.18. The largest absolute Gasteiger partial charge is 0.486 e. The van der Waals surface area contributed by atoms with Crippen LogP contribution < -0.4 is 14.8 Å². The standard InChI is InChI=1S/C14H16N2O2S/c1-2-13-14(18-6-5-17-13)7-11(1)3-4-15-8-12-9-19-10-16-12/h1-2,7,9-10,15H,3-6,8H2. The number of nitrogens with one attached hydrogen (secondary N) is 1. The second kappa shape index (κ2) is 6.04. The van der Waals surface area contributed by atoms with Crippen LogP contribution in [0.1, 0.15) is 11.3 Å². The summed E-state index contributed by atoms with van der Waals surface area (Å²) in [6, 6.07) is 6.15. The van der Waals surface area contributed by atoms with E-state index in [-0.39, 0.29) is 0 Å². The molecule has 0 saturated heterocycles. The molecular weight excluding hydrogens is 260 g/mol. The molecule has 0 aliphatic carbocycles. The fraction of sp³-hybridized carbons (Fsp3) is 0.357. The van der Waals surface area contributed by atoms with Crippen molar-refractivity contribution in [3.05, 3.63) is 40.3 Å². The van der Waals surface area contributed by atoms with Crippen molar-refractivity contribution in [3.8, 4) is 11.5 Å². The summed E-state index contributed by atoms with van der Waals surface area (Å²) >= 11 is 1.63. The van der Waals surface area contributed by atoms with Gasteiger partial charge < -0.3 is 14.8 Å². The van der Waals surface area contributed by atoms with E-state index in [1.165, 1.54) is 5.56 Å². The lowest BCUT2D eigenvalue weighted by molar-refractivity contribution is 0.171. The van der Waals surface area contributed by atoms with Crippen LogP contribution in [-0.2, 0) is 13.0 Å². The molecule has 1 aliphatic heterocycles. The van der Waals surface area contributed by atoms with E-state index in [1.807, 2.05) is 11.6 Å². The molecule has 0 spiro atoms. The van der Waals surface area contributed by atoms with Crippen LogP contribution in [0.15, 0.2) is 29.1 Å². The van der Waals surface area contributed by atoms with Crippen molar-refractivity contribution < 1.29 is 9.47 Å². The molecule has 4 nitrogen and oxygen atoms in total. The normalized spacial score (nSPS) is 13.5. The van der Waals surface area contributed by atoms with Gasteiger partial charge >= 0.3 is 0 Å². The molecule has 0 bridgehead atoms. The van der Waals surface area contributed by atoms with Crippen LogP contribution in [0, 0.1) is 0 Å². The summed E-state index contributed by atoms with van der Waals surface area (Å²) in [5.41, 5.74) is 4.22. The lowest BCUT2D eigenvalue weighted by Gasteiger charge is -2.18. The molecule has 1 aliphatic rings. The van der Waals surface area contributed by atoms with E-state index in [9.17, 15) is 0 Å². The Kier molecular flexibility index (Phi) is 3.95. The van der Waals surface area contributed by atoms with Crippen LogP contribution in [0.25, 0.3) is 0 Å². The third-order valence-corrected chi connectivity index (χ3v) is 3.62. The van der Waals surface area contributed by atoms with Gasteiger partial charge in [0.05, 0.1) is 11.2 Å². The van der Waals surface area contributed by atoms with Gasteiger partial charge in [0.1, 0.15) is 13.2 Å². The minimum absolute atomic E-state index is 0.637. The van der Waals surface area contributed by atoms with E-state index in [4.69, 9.17) is 9.47 Å². The number of fused-ring (bicyclic) bond motifs is 1. The molecule has 1 aromatic carbocycles. The lowest BCUT2D eigenvalue weighted by atomic mass is 10.1. The topological polar surface area (TPSA) is 43.4 Å². The second-order valence-corrected chi connectivity index (χ2v) is 5.10. The highest BCUT2D eigenvalue weighted by atomic mass is 32.1. The zero-order valence-electron chi connectivity index (χ0n) is 10.6. The molecule has 1 aromatic heterocycles. The van der Waals surface area contributed by atoms with E-state index in [2.05, 4.69) is 27.8 Å². The van der Waals surface area contributed by atoms with E-state index < -0.39 is 0 Å². The quantitative estimate of drug-likeness (QED) is 0.851. The highest BCUT2D eigenvalue weighted by Gasteiger charge is 2.11. The van der Waals surface area contributed by atoms with Gasteiger partial charge in [0.2, 0.25) is 0 Å². The van der Waals surface area contributed by atoms with Gasteiger partial charge in [-0.1, -0.05) is 6.07 Å². The van der Waals surface area contributed by atoms with Crippen molar-refractivity contribution in [1.82, 2.24) is 10.3 Å². The van der Waals surface area contributed by atoms with Crippen molar-refractivity contribution in [3.63, 3.8) is 0 Å². The van der Waals surface area contributed by atoms with Crippen LogP contribution in [0.4, 0.5) is 0 Å². The van der Waals surface area contributed by atoms with E-state index in [1.54, 1.807) is 11.3 Å². The van der Waals surface area contributed by atoms with E-state index in [0.717, 1.165) is 36.7 Å². The molecule has 19 heavy (non-hydrogen) atoms. The van der Waals surface area contributed by atoms with Crippen LogP contribution in [0.3, 0.4) is 0 Å². The maximum absolute atomic E-state index is 5.58.